The van der Waals surface area contributed by atoms with Gasteiger partial charge in [0.25, 0.3) is 5.91 Å². The highest BCUT2D eigenvalue weighted by molar-refractivity contribution is 9.10. The van der Waals surface area contributed by atoms with Crippen molar-refractivity contribution in [3.63, 3.8) is 0 Å². The highest BCUT2D eigenvalue weighted by Crippen LogP contribution is 2.32. The molecule has 2 atom stereocenters. The maximum absolute atomic E-state index is 12.6. The van der Waals surface area contributed by atoms with Gasteiger partial charge in [0.15, 0.2) is 6.10 Å². The van der Waals surface area contributed by atoms with E-state index in [2.05, 4.69) is 26.2 Å². The quantitative estimate of drug-likeness (QED) is 0.595. The summed E-state index contributed by atoms with van der Waals surface area (Å²) in [5, 5.41) is 3.83. The van der Waals surface area contributed by atoms with E-state index in [0.717, 1.165) is 22.2 Å². The van der Waals surface area contributed by atoms with Gasteiger partial charge < -0.3 is 19.8 Å². The molecule has 0 saturated carbocycles. The van der Waals surface area contributed by atoms with E-state index in [4.69, 9.17) is 9.47 Å². The number of benzene rings is 2. The predicted octanol–water partition coefficient (Wildman–Crippen LogP) is 4.12. The zero-order chi connectivity index (χ0) is 19.7. The van der Waals surface area contributed by atoms with E-state index < -0.39 is 12.1 Å². The van der Waals surface area contributed by atoms with Crippen molar-refractivity contribution in [2.75, 3.05) is 6.61 Å². The maximum Gasteiger partial charge on any atom is 0.356 e. The average molecular weight is 443 g/mol. The minimum Gasteiger partial charge on any atom is -0.493 e. The van der Waals surface area contributed by atoms with Gasteiger partial charge in [0.1, 0.15) is 11.4 Å². The molecule has 0 unspecified atom stereocenters. The molecule has 0 spiro atoms. The van der Waals surface area contributed by atoms with Gasteiger partial charge in [0.2, 0.25) is 0 Å². The summed E-state index contributed by atoms with van der Waals surface area (Å²) in [6.07, 6.45) is -0.266. The number of aromatic nitrogens is 1. The van der Waals surface area contributed by atoms with Gasteiger partial charge in [0, 0.05) is 22.9 Å². The number of fused-ring (bicyclic) bond motifs is 2. The molecule has 0 bridgehead atoms. The van der Waals surface area contributed by atoms with Crippen LogP contribution < -0.4 is 10.1 Å². The summed E-state index contributed by atoms with van der Waals surface area (Å²) in [6.45, 7) is 2.09. The number of aromatic amines is 1. The molecule has 7 heteroatoms. The summed E-state index contributed by atoms with van der Waals surface area (Å²) in [5.74, 6) is -0.161. The normalized spacial score (nSPS) is 16.7. The lowest BCUT2D eigenvalue weighted by molar-refractivity contribution is -0.130. The molecule has 4 rings (SSSR count). The van der Waals surface area contributed by atoms with Crippen molar-refractivity contribution in [3.8, 4) is 5.75 Å². The van der Waals surface area contributed by atoms with Gasteiger partial charge in [-0.1, -0.05) is 36.4 Å². The van der Waals surface area contributed by atoms with Gasteiger partial charge in [0.05, 0.1) is 17.1 Å². The fourth-order valence-electron chi connectivity index (χ4n) is 3.30. The molecule has 144 valence electrons. The lowest BCUT2D eigenvalue weighted by Crippen LogP contribution is -2.39. The highest BCUT2D eigenvalue weighted by Gasteiger charge is 2.27. The topological polar surface area (TPSA) is 80.4 Å². The van der Waals surface area contributed by atoms with Gasteiger partial charge in [-0.3, -0.25) is 4.79 Å². The minimum atomic E-state index is -0.930. The molecule has 1 aromatic heterocycles. The van der Waals surface area contributed by atoms with E-state index in [1.54, 1.807) is 6.92 Å². The Morgan fingerprint density at radius 2 is 1.96 bits per heavy atom. The second-order valence-corrected chi connectivity index (χ2v) is 7.44. The fraction of sp³-hybridized carbons (Fsp3) is 0.238. The van der Waals surface area contributed by atoms with Crippen molar-refractivity contribution in [2.24, 2.45) is 0 Å². The number of rotatable bonds is 4. The Kier molecular flexibility index (Phi) is 5.09. The van der Waals surface area contributed by atoms with Crippen LogP contribution >= 0.6 is 15.9 Å². The molecule has 0 aliphatic carbocycles. The third-order valence-electron chi connectivity index (χ3n) is 4.77. The van der Waals surface area contributed by atoms with Gasteiger partial charge in [-0.25, -0.2) is 4.79 Å². The summed E-state index contributed by atoms with van der Waals surface area (Å²) in [6, 6.07) is 15.0. The molecular formula is C21H19BrN2O4. The van der Waals surface area contributed by atoms with Crippen LogP contribution in [0.25, 0.3) is 10.9 Å². The van der Waals surface area contributed by atoms with Gasteiger partial charge in [-0.15, -0.1) is 0 Å². The second kappa shape index (κ2) is 7.67. The largest absolute Gasteiger partial charge is 0.493 e. The Bertz CT molecular complexity index is 1050. The van der Waals surface area contributed by atoms with Crippen LogP contribution in [-0.2, 0) is 9.53 Å². The number of amides is 1. The first kappa shape index (κ1) is 18.6. The molecule has 0 saturated heterocycles. The molecule has 1 amide bonds. The number of carbonyl (C=O) groups is 2. The Morgan fingerprint density at radius 3 is 2.79 bits per heavy atom. The van der Waals surface area contributed by atoms with Crippen LogP contribution in [0.5, 0.6) is 5.75 Å². The lowest BCUT2D eigenvalue weighted by Gasteiger charge is -2.27. The van der Waals surface area contributed by atoms with Gasteiger partial charge >= 0.3 is 5.97 Å². The van der Waals surface area contributed by atoms with Crippen LogP contribution in [0, 0.1) is 0 Å². The van der Waals surface area contributed by atoms with Crippen LogP contribution in [0.2, 0.25) is 0 Å². The van der Waals surface area contributed by atoms with Gasteiger partial charge in [-0.05, 0) is 35.0 Å². The number of esters is 1. The zero-order valence-corrected chi connectivity index (χ0v) is 16.8. The molecule has 2 heterocycles. The summed E-state index contributed by atoms with van der Waals surface area (Å²) in [5.41, 5.74) is 2.04. The SMILES string of the molecule is C[C@@H](OC(=O)c1[nH]c2ccccc2c1Br)C(=O)N[C@@H]1CCOc2ccccc21. The molecule has 0 fully saturated rings. The van der Waals surface area contributed by atoms with Crippen LogP contribution in [0.4, 0.5) is 0 Å². The molecular weight excluding hydrogens is 424 g/mol. The lowest BCUT2D eigenvalue weighted by atomic mass is 10.0. The van der Waals surface area contributed by atoms with Crippen molar-refractivity contribution in [3.05, 3.63) is 64.3 Å². The Balaban J connectivity index is 1.45. The molecule has 2 N–H and O–H groups in total. The summed E-state index contributed by atoms with van der Waals surface area (Å²) >= 11 is 3.43. The second-order valence-electron chi connectivity index (χ2n) is 6.64. The smallest absolute Gasteiger partial charge is 0.356 e. The molecule has 1 aliphatic rings. The predicted molar refractivity (Wildman–Crippen MR) is 108 cm³/mol. The monoisotopic (exact) mass is 442 g/mol. The number of nitrogens with one attached hydrogen (secondary N) is 2. The van der Waals surface area contributed by atoms with Crippen LogP contribution in [0.15, 0.2) is 53.0 Å². The van der Waals surface area contributed by atoms with Gasteiger partial charge in [-0.2, -0.15) is 0 Å². The molecule has 1 aliphatic heterocycles. The van der Waals surface area contributed by atoms with Crippen LogP contribution in [0.3, 0.4) is 0 Å². The highest BCUT2D eigenvalue weighted by atomic mass is 79.9. The number of hydrogen-bond acceptors (Lipinski definition) is 4. The van der Waals surface area contributed by atoms with Crippen LogP contribution in [-0.4, -0.2) is 29.6 Å². The summed E-state index contributed by atoms with van der Waals surface area (Å²) in [7, 11) is 0. The van der Waals surface area contributed by atoms with E-state index in [9.17, 15) is 9.59 Å². The first-order chi connectivity index (χ1) is 13.5. The Morgan fingerprint density at radius 1 is 1.21 bits per heavy atom. The first-order valence-electron chi connectivity index (χ1n) is 9.04. The number of hydrogen-bond donors (Lipinski definition) is 2. The van der Waals surface area contributed by atoms with Crippen molar-refractivity contribution in [1.82, 2.24) is 10.3 Å². The third-order valence-corrected chi connectivity index (χ3v) is 5.60. The Labute approximate surface area is 170 Å². The third kappa shape index (κ3) is 3.49. The van der Waals surface area contributed by atoms with E-state index in [0.29, 0.717) is 17.5 Å². The number of H-pyrrole nitrogens is 1. The molecule has 3 aromatic rings. The van der Waals surface area contributed by atoms with Crippen molar-refractivity contribution in [1.29, 1.82) is 0 Å². The van der Waals surface area contributed by atoms with Crippen LogP contribution in [0.1, 0.15) is 35.4 Å². The number of para-hydroxylation sites is 2. The number of halogens is 1. The fourth-order valence-corrected chi connectivity index (χ4v) is 3.91. The van der Waals surface area contributed by atoms with E-state index in [1.807, 2.05) is 48.5 Å². The number of carbonyl (C=O) groups excluding carboxylic acids is 2. The van der Waals surface area contributed by atoms with Crippen molar-refractivity contribution in [2.45, 2.75) is 25.5 Å². The first-order valence-corrected chi connectivity index (χ1v) is 9.83. The number of ether oxygens (including phenoxy) is 2. The summed E-state index contributed by atoms with van der Waals surface area (Å²) < 4.78 is 11.6. The van der Waals surface area contributed by atoms with E-state index >= 15 is 0 Å². The molecule has 0 radical (unpaired) electrons. The molecule has 2 aromatic carbocycles. The average Bonchev–Trinajstić information content (AvgIpc) is 3.05. The Hall–Kier alpha value is -2.80. The van der Waals surface area contributed by atoms with Crippen molar-refractivity contribution < 1.29 is 19.1 Å². The zero-order valence-electron chi connectivity index (χ0n) is 15.2. The molecule has 28 heavy (non-hydrogen) atoms. The van der Waals surface area contributed by atoms with E-state index in [-0.39, 0.29) is 17.6 Å². The minimum absolute atomic E-state index is 0.168. The standard InChI is InChI=1S/C21H19BrN2O4/c1-12(20(25)24-16-10-11-27-17-9-5-3-6-13(16)17)28-21(26)19-18(22)14-7-2-4-8-15(14)23-19/h2-9,12,16,23H,10-11H2,1H3,(H,24,25)/t12-,16-/m1/s1. The molecule has 6 nitrogen and oxygen atoms in total. The van der Waals surface area contributed by atoms with E-state index in [1.165, 1.54) is 0 Å². The summed E-state index contributed by atoms with van der Waals surface area (Å²) in [4.78, 5) is 28.2. The van der Waals surface area contributed by atoms with Crippen molar-refractivity contribution >= 4 is 38.7 Å². The maximum atomic E-state index is 12.6.